The molecule has 1 heterocycles. The van der Waals surface area contributed by atoms with Crippen LogP contribution in [0.25, 0.3) is 0 Å². The molecule has 0 saturated heterocycles. The Morgan fingerprint density at radius 3 is 2.62 bits per heavy atom. The summed E-state index contributed by atoms with van der Waals surface area (Å²) in [6.07, 6.45) is 1.74. The summed E-state index contributed by atoms with van der Waals surface area (Å²) in [6.45, 7) is 1.36. The van der Waals surface area contributed by atoms with Crippen molar-refractivity contribution in [2.24, 2.45) is 0 Å². The van der Waals surface area contributed by atoms with E-state index in [1.807, 2.05) is 42.5 Å². The van der Waals surface area contributed by atoms with Crippen molar-refractivity contribution in [3.8, 4) is 5.75 Å². The van der Waals surface area contributed by atoms with Crippen LogP contribution in [0.3, 0.4) is 0 Å². The second-order valence-corrected chi connectivity index (χ2v) is 4.55. The summed E-state index contributed by atoms with van der Waals surface area (Å²) in [5, 5.41) is 5.92. The Bertz CT molecular complexity index is 555. The molecule has 0 aliphatic rings. The lowest BCUT2D eigenvalue weighted by molar-refractivity contribution is -0.120. The summed E-state index contributed by atoms with van der Waals surface area (Å²) in [5.74, 6) is 0.767. The van der Waals surface area contributed by atoms with Crippen molar-refractivity contribution in [2.45, 2.75) is 13.1 Å². The Kier molecular flexibility index (Phi) is 5.72. The minimum atomic E-state index is -0.0400. The van der Waals surface area contributed by atoms with E-state index in [1.165, 1.54) is 0 Å². The highest BCUT2D eigenvalue weighted by Gasteiger charge is 2.01. The number of hydrogen-bond donors (Lipinski definition) is 2. The lowest BCUT2D eigenvalue weighted by atomic mass is 10.2. The van der Waals surface area contributed by atoms with Gasteiger partial charge in [-0.15, -0.1) is 0 Å². The minimum absolute atomic E-state index is 0.0400. The van der Waals surface area contributed by atoms with Gasteiger partial charge in [0.25, 0.3) is 0 Å². The number of aromatic nitrogens is 1. The van der Waals surface area contributed by atoms with E-state index in [1.54, 1.807) is 13.3 Å². The molecule has 0 spiro atoms. The van der Waals surface area contributed by atoms with E-state index < -0.39 is 0 Å². The molecule has 5 nitrogen and oxygen atoms in total. The standard InChI is InChI=1S/C16H19N3O2/c1-21-15-7-5-13(6-8-15)10-19-16(20)12-17-11-14-4-2-3-9-18-14/h2-9,17H,10-12H2,1H3,(H,19,20). The highest BCUT2D eigenvalue weighted by atomic mass is 16.5. The second-order valence-electron chi connectivity index (χ2n) is 4.55. The zero-order chi connectivity index (χ0) is 14.9. The number of rotatable bonds is 7. The Morgan fingerprint density at radius 1 is 1.14 bits per heavy atom. The molecule has 0 aliphatic carbocycles. The lowest BCUT2D eigenvalue weighted by Crippen LogP contribution is -2.33. The van der Waals surface area contributed by atoms with Crippen molar-refractivity contribution in [3.63, 3.8) is 0 Å². The van der Waals surface area contributed by atoms with E-state index in [4.69, 9.17) is 4.74 Å². The van der Waals surface area contributed by atoms with Crippen molar-refractivity contribution in [1.82, 2.24) is 15.6 Å². The van der Waals surface area contributed by atoms with E-state index in [9.17, 15) is 4.79 Å². The quantitative estimate of drug-likeness (QED) is 0.809. The molecule has 1 aromatic heterocycles. The summed E-state index contributed by atoms with van der Waals surface area (Å²) in [7, 11) is 1.63. The molecule has 110 valence electrons. The van der Waals surface area contributed by atoms with Gasteiger partial charge in [-0.05, 0) is 29.8 Å². The van der Waals surface area contributed by atoms with Gasteiger partial charge in [0.05, 0.1) is 19.3 Å². The summed E-state index contributed by atoms with van der Waals surface area (Å²) in [6, 6.07) is 13.3. The average molecular weight is 285 g/mol. The number of nitrogens with one attached hydrogen (secondary N) is 2. The van der Waals surface area contributed by atoms with E-state index in [0.29, 0.717) is 13.1 Å². The average Bonchev–Trinajstić information content (AvgIpc) is 2.54. The van der Waals surface area contributed by atoms with Gasteiger partial charge in [0, 0.05) is 19.3 Å². The van der Waals surface area contributed by atoms with E-state index in [2.05, 4.69) is 15.6 Å². The van der Waals surface area contributed by atoms with Crippen LogP contribution in [0, 0.1) is 0 Å². The van der Waals surface area contributed by atoms with Crippen molar-refractivity contribution >= 4 is 5.91 Å². The number of pyridine rings is 1. The number of hydrogen-bond acceptors (Lipinski definition) is 4. The zero-order valence-corrected chi connectivity index (χ0v) is 12.0. The first kappa shape index (κ1) is 15.0. The molecule has 2 N–H and O–H groups in total. The van der Waals surface area contributed by atoms with Gasteiger partial charge in [-0.1, -0.05) is 18.2 Å². The van der Waals surface area contributed by atoms with Gasteiger partial charge < -0.3 is 15.4 Å². The fraction of sp³-hybridized carbons (Fsp3) is 0.250. The van der Waals surface area contributed by atoms with E-state index in [-0.39, 0.29) is 12.5 Å². The van der Waals surface area contributed by atoms with Crippen LogP contribution in [0.4, 0.5) is 0 Å². The van der Waals surface area contributed by atoms with Gasteiger partial charge in [0.1, 0.15) is 5.75 Å². The van der Waals surface area contributed by atoms with Gasteiger partial charge >= 0.3 is 0 Å². The summed E-state index contributed by atoms with van der Waals surface area (Å²) < 4.78 is 5.09. The Hall–Kier alpha value is -2.40. The van der Waals surface area contributed by atoms with Gasteiger partial charge in [0.2, 0.25) is 5.91 Å². The van der Waals surface area contributed by atoms with E-state index >= 15 is 0 Å². The van der Waals surface area contributed by atoms with Crippen molar-refractivity contribution in [3.05, 3.63) is 59.9 Å². The number of carbonyl (C=O) groups is 1. The van der Waals surface area contributed by atoms with Crippen LogP contribution in [-0.4, -0.2) is 24.5 Å². The second kappa shape index (κ2) is 8.01. The largest absolute Gasteiger partial charge is 0.497 e. The molecular formula is C16H19N3O2. The number of methoxy groups -OCH3 is 1. The van der Waals surface area contributed by atoms with Gasteiger partial charge in [0.15, 0.2) is 0 Å². The first-order valence-electron chi connectivity index (χ1n) is 6.78. The summed E-state index contributed by atoms with van der Waals surface area (Å²) in [4.78, 5) is 15.9. The van der Waals surface area contributed by atoms with Crippen LogP contribution in [0.15, 0.2) is 48.7 Å². The minimum Gasteiger partial charge on any atom is -0.497 e. The summed E-state index contributed by atoms with van der Waals surface area (Å²) in [5.41, 5.74) is 1.95. The molecule has 1 aromatic carbocycles. The van der Waals surface area contributed by atoms with Crippen LogP contribution in [-0.2, 0) is 17.9 Å². The van der Waals surface area contributed by atoms with Gasteiger partial charge in [-0.3, -0.25) is 9.78 Å². The molecule has 0 fully saturated rings. The molecular weight excluding hydrogens is 266 g/mol. The smallest absolute Gasteiger partial charge is 0.234 e. The molecule has 0 radical (unpaired) electrons. The predicted octanol–water partition coefficient (Wildman–Crippen LogP) is 1.50. The molecule has 0 saturated carbocycles. The number of ether oxygens (including phenoxy) is 1. The normalized spacial score (nSPS) is 10.1. The molecule has 2 aromatic rings. The Morgan fingerprint density at radius 2 is 1.95 bits per heavy atom. The Labute approximate surface area is 124 Å². The van der Waals surface area contributed by atoms with Crippen LogP contribution in [0.2, 0.25) is 0 Å². The van der Waals surface area contributed by atoms with Gasteiger partial charge in [-0.2, -0.15) is 0 Å². The maximum Gasteiger partial charge on any atom is 0.234 e. The topological polar surface area (TPSA) is 63.2 Å². The molecule has 1 amide bonds. The van der Waals surface area contributed by atoms with Crippen LogP contribution >= 0.6 is 0 Å². The number of carbonyl (C=O) groups excluding carboxylic acids is 1. The molecule has 0 bridgehead atoms. The predicted molar refractivity (Wildman–Crippen MR) is 80.8 cm³/mol. The highest BCUT2D eigenvalue weighted by molar-refractivity contribution is 5.77. The number of amides is 1. The first-order chi connectivity index (χ1) is 10.3. The summed E-state index contributed by atoms with van der Waals surface area (Å²) >= 11 is 0. The highest BCUT2D eigenvalue weighted by Crippen LogP contribution is 2.10. The number of benzene rings is 1. The maximum atomic E-state index is 11.7. The monoisotopic (exact) mass is 285 g/mol. The molecule has 2 rings (SSSR count). The van der Waals surface area contributed by atoms with Crippen molar-refractivity contribution in [2.75, 3.05) is 13.7 Å². The fourth-order valence-corrected chi connectivity index (χ4v) is 1.81. The Balaban J connectivity index is 1.67. The SMILES string of the molecule is COc1ccc(CNC(=O)CNCc2ccccn2)cc1. The fourth-order valence-electron chi connectivity index (χ4n) is 1.81. The zero-order valence-electron chi connectivity index (χ0n) is 12.0. The number of nitrogens with zero attached hydrogens (tertiary/aromatic N) is 1. The van der Waals surface area contributed by atoms with Crippen LogP contribution in [0.1, 0.15) is 11.3 Å². The third kappa shape index (κ3) is 5.24. The third-order valence-electron chi connectivity index (χ3n) is 2.97. The maximum absolute atomic E-state index is 11.7. The van der Waals surface area contributed by atoms with Crippen molar-refractivity contribution < 1.29 is 9.53 Å². The molecule has 0 atom stereocenters. The van der Waals surface area contributed by atoms with Gasteiger partial charge in [-0.25, -0.2) is 0 Å². The van der Waals surface area contributed by atoms with Crippen LogP contribution in [0.5, 0.6) is 5.75 Å². The van der Waals surface area contributed by atoms with Crippen molar-refractivity contribution in [1.29, 1.82) is 0 Å². The van der Waals surface area contributed by atoms with E-state index in [0.717, 1.165) is 17.0 Å². The molecule has 0 unspecified atom stereocenters. The third-order valence-corrected chi connectivity index (χ3v) is 2.97. The first-order valence-corrected chi connectivity index (χ1v) is 6.78. The lowest BCUT2D eigenvalue weighted by Gasteiger charge is -2.07. The molecule has 21 heavy (non-hydrogen) atoms. The van der Waals surface area contributed by atoms with Crippen LogP contribution < -0.4 is 15.4 Å². The molecule has 0 aliphatic heterocycles. The molecule has 5 heteroatoms.